The molecule has 2 aromatic rings. The van der Waals surface area contributed by atoms with Crippen molar-refractivity contribution in [3.05, 3.63) is 12.7 Å². The van der Waals surface area contributed by atoms with Gasteiger partial charge < -0.3 is 88.7 Å². The number of nitrogen functional groups attached to an aromatic ring is 1. The van der Waals surface area contributed by atoms with Gasteiger partial charge in [0, 0.05) is 37.0 Å². The third-order valence-electron chi connectivity index (χ3n) is 11.3. The summed E-state index contributed by atoms with van der Waals surface area (Å²) in [4.78, 5) is 48.5. The summed E-state index contributed by atoms with van der Waals surface area (Å²) in [5, 5.41) is 29.7. The second-order valence-corrected chi connectivity index (χ2v) is 17.9. The Kier molecular flexibility index (Phi) is 29.3. The maximum absolute atomic E-state index is 12.5. The van der Waals surface area contributed by atoms with E-state index >= 15 is 0 Å². The zero-order valence-electron chi connectivity index (χ0n) is 40.7. The zero-order chi connectivity index (χ0) is 50.1. The molecular weight excluding hydrogens is 957 g/mol. The van der Waals surface area contributed by atoms with Crippen molar-refractivity contribution in [3.63, 3.8) is 0 Å². The second-order valence-electron chi connectivity index (χ2n) is 16.6. The Bertz CT molecular complexity index is 1780. The number of Topliss-reactive ketones (excluding diaryl/α,β-unsaturated/α-hetero) is 1. The van der Waals surface area contributed by atoms with E-state index in [0.717, 1.165) is 25.0 Å². The van der Waals surface area contributed by atoms with Crippen LogP contribution in [0.5, 0.6) is 0 Å². The molecular formula is C45H76N8O17S. The second kappa shape index (κ2) is 35.7. The Morgan fingerprint density at radius 3 is 1.85 bits per heavy atom. The van der Waals surface area contributed by atoms with Crippen LogP contribution in [0.4, 0.5) is 10.6 Å². The standard InChI is InChI=1S/C45H76N8O17S/c46-42-39-43(49-31-48-42)53(32-50-39)44-41(40(57)35(28-54)70-44)69-29-33(55)4-3-8-59-10-12-61-14-16-63-18-20-65-22-24-67-26-27-68-25-23-66-21-19-64-17-15-62-13-11-60-9-7-47-37(56)6-2-1-5-36-38-34(30-71-36)51-45(58)52-38/h31-32,34-36,38,40-41,44,54,57H,1-30H2,(H,47,56)(H2,46,48,49)(H2,51,52,58)/t34-,35+,36-,38-,40+,41+,44+/m0/s1. The third-order valence-corrected chi connectivity index (χ3v) is 12.8. The molecule has 3 aliphatic rings. The van der Waals surface area contributed by atoms with Crippen LogP contribution in [0, 0.1) is 0 Å². The minimum atomic E-state index is -1.18. The molecule has 3 aliphatic heterocycles. The van der Waals surface area contributed by atoms with Crippen molar-refractivity contribution >= 4 is 46.5 Å². The van der Waals surface area contributed by atoms with E-state index in [4.69, 9.17) is 62.6 Å². The number of anilines is 1. The fourth-order valence-corrected chi connectivity index (χ4v) is 9.21. The summed E-state index contributed by atoms with van der Waals surface area (Å²) in [6.45, 7) is 8.55. The number of imidazole rings is 1. The van der Waals surface area contributed by atoms with Crippen LogP contribution in [-0.4, -0.2) is 241 Å². The maximum atomic E-state index is 12.5. The van der Waals surface area contributed by atoms with E-state index in [-0.39, 0.29) is 48.7 Å². The van der Waals surface area contributed by atoms with Crippen molar-refractivity contribution in [1.82, 2.24) is 35.5 Å². The minimum Gasteiger partial charge on any atom is -0.394 e. The lowest BCUT2D eigenvalue weighted by Crippen LogP contribution is -2.36. The van der Waals surface area contributed by atoms with Crippen molar-refractivity contribution in [3.8, 4) is 0 Å². The smallest absolute Gasteiger partial charge is 0.315 e. The van der Waals surface area contributed by atoms with Crippen LogP contribution in [0.3, 0.4) is 0 Å². The number of hydrogen-bond acceptors (Lipinski definition) is 22. The van der Waals surface area contributed by atoms with Gasteiger partial charge >= 0.3 is 6.03 Å². The highest BCUT2D eigenvalue weighted by Crippen LogP contribution is 2.35. The van der Waals surface area contributed by atoms with Crippen molar-refractivity contribution in [1.29, 1.82) is 0 Å². The molecule has 0 aliphatic carbocycles. The number of urea groups is 1. The normalized spacial score (nSPS) is 21.8. The van der Waals surface area contributed by atoms with E-state index in [2.05, 4.69) is 30.9 Å². The molecule has 0 aromatic carbocycles. The van der Waals surface area contributed by atoms with Crippen LogP contribution < -0.4 is 21.7 Å². The predicted octanol–water partition coefficient (Wildman–Crippen LogP) is -0.598. The van der Waals surface area contributed by atoms with Gasteiger partial charge in [0.1, 0.15) is 36.8 Å². The van der Waals surface area contributed by atoms with Crippen LogP contribution in [-0.2, 0) is 66.4 Å². The molecule has 3 saturated heterocycles. The Labute approximate surface area is 418 Å². The molecule has 404 valence electrons. The lowest BCUT2D eigenvalue weighted by Gasteiger charge is -2.21. The first-order valence-corrected chi connectivity index (χ1v) is 25.6. The van der Waals surface area contributed by atoms with Gasteiger partial charge in [-0.25, -0.2) is 19.7 Å². The molecule has 7 atom stereocenters. The molecule has 3 amide bonds. The summed E-state index contributed by atoms with van der Waals surface area (Å²) in [6, 6.07) is 0.378. The Morgan fingerprint density at radius 2 is 1.28 bits per heavy atom. The van der Waals surface area contributed by atoms with Crippen LogP contribution in [0.1, 0.15) is 44.8 Å². The first kappa shape index (κ1) is 58.4. The quantitative estimate of drug-likeness (QED) is 0.0357. The van der Waals surface area contributed by atoms with E-state index in [1.807, 2.05) is 11.8 Å². The van der Waals surface area contributed by atoms with E-state index < -0.39 is 31.1 Å². The highest BCUT2D eigenvalue weighted by molar-refractivity contribution is 8.00. The van der Waals surface area contributed by atoms with Gasteiger partial charge in [0.2, 0.25) is 5.91 Å². The molecule has 0 unspecified atom stereocenters. The largest absolute Gasteiger partial charge is 0.394 e. The number of nitrogens with two attached hydrogens (primary N) is 1. The molecule has 25 nitrogen and oxygen atoms in total. The Balaban J connectivity index is 0.673. The average molecular weight is 1030 g/mol. The van der Waals surface area contributed by atoms with Crippen molar-refractivity contribution in [2.45, 2.75) is 80.4 Å². The number of aromatic nitrogens is 4. The summed E-state index contributed by atoms with van der Waals surface area (Å²) in [7, 11) is 0. The van der Waals surface area contributed by atoms with Crippen LogP contribution in [0.2, 0.25) is 0 Å². The minimum absolute atomic E-state index is 0.0323. The molecule has 5 rings (SSSR count). The topological polar surface area (TPSA) is 308 Å². The maximum Gasteiger partial charge on any atom is 0.315 e. The van der Waals surface area contributed by atoms with Crippen molar-refractivity contribution in [2.75, 3.05) is 163 Å². The third kappa shape index (κ3) is 22.3. The number of carbonyl (C=O) groups is 3. The average Bonchev–Trinajstić information content (AvgIpc) is 4.15. The number of aliphatic hydroxyl groups excluding tert-OH is 2. The lowest BCUT2D eigenvalue weighted by molar-refractivity contribution is -0.131. The fourth-order valence-electron chi connectivity index (χ4n) is 7.67. The molecule has 26 heteroatoms. The number of thioether (sulfide) groups is 1. The number of aliphatic hydroxyl groups is 2. The summed E-state index contributed by atoms with van der Waals surface area (Å²) in [6.07, 6.45) is 2.79. The lowest BCUT2D eigenvalue weighted by atomic mass is 10.0. The first-order chi connectivity index (χ1) is 34.9. The van der Waals surface area contributed by atoms with E-state index in [1.165, 1.54) is 17.2 Å². The van der Waals surface area contributed by atoms with Gasteiger partial charge in [-0.3, -0.25) is 14.2 Å². The van der Waals surface area contributed by atoms with Crippen molar-refractivity contribution in [2.24, 2.45) is 0 Å². The van der Waals surface area contributed by atoms with Crippen LogP contribution in [0.15, 0.2) is 12.7 Å². The monoisotopic (exact) mass is 1030 g/mol. The summed E-state index contributed by atoms with van der Waals surface area (Å²) >= 11 is 1.89. The molecule has 71 heavy (non-hydrogen) atoms. The molecule has 7 N–H and O–H groups in total. The SMILES string of the molecule is Nc1ncnc2c1ncn2[C@@H]1O[C@H](CO)[C@@H](O)[C@H]1OCC(=O)CCCOCCOCCOCCOCCOCCOCCOCCOCCOCCOCCNC(=O)CCCC[C@@H]1SC[C@@H]2NC(=O)N[C@@H]21. The van der Waals surface area contributed by atoms with Gasteiger partial charge in [0.05, 0.1) is 151 Å². The number of unbranched alkanes of at least 4 members (excludes halogenated alkanes) is 1. The van der Waals surface area contributed by atoms with Crippen LogP contribution in [0.25, 0.3) is 11.2 Å². The summed E-state index contributed by atoms with van der Waals surface area (Å²) < 4.78 is 68.3. The molecule has 3 fully saturated rings. The number of hydrogen-bond donors (Lipinski definition) is 6. The van der Waals surface area contributed by atoms with Gasteiger partial charge in [0.25, 0.3) is 0 Å². The van der Waals surface area contributed by atoms with Crippen LogP contribution >= 0.6 is 11.8 Å². The highest BCUT2D eigenvalue weighted by Gasteiger charge is 2.46. The van der Waals surface area contributed by atoms with Gasteiger partial charge in [-0.15, -0.1) is 0 Å². The van der Waals surface area contributed by atoms with Crippen molar-refractivity contribution < 1.29 is 81.4 Å². The molecule has 2 aromatic heterocycles. The number of nitrogens with zero attached hydrogens (tertiary/aromatic N) is 4. The predicted molar refractivity (Wildman–Crippen MR) is 256 cm³/mol. The van der Waals surface area contributed by atoms with Gasteiger partial charge in [-0.1, -0.05) is 6.42 Å². The number of carbonyl (C=O) groups excluding carboxylic acids is 3. The summed E-state index contributed by atoms with van der Waals surface area (Å²) in [5.41, 5.74) is 6.62. The number of ketones is 1. The number of nitrogens with one attached hydrogen (secondary N) is 3. The number of amides is 3. The number of ether oxygens (including phenoxy) is 12. The molecule has 0 spiro atoms. The number of rotatable bonds is 44. The summed E-state index contributed by atoms with van der Waals surface area (Å²) in [5.74, 6) is 0.996. The molecule has 5 heterocycles. The Morgan fingerprint density at radius 1 is 0.732 bits per heavy atom. The first-order valence-electron chi connectivity index (χ1n) is 24.6. The van der Waals surface area contributed by atoms with E-state index in [0.29, 0.717) is 168 Å². The Hall–Kier alpha value is -3.45. The number of fused-ring (bicyclic) bond motifs is 2. The molecule has 0 saturated carbocycles. The van der Waals surface area contributed by atoms with E-state index in [9.17, 15) is 24.6 Å². The van der Waals surface area contributed by atoms with E-state index in [1.54, 1.807) is 0 Å². The molecule has 0 bridgehead atoms. The molecule has 0 radical (unpaired) electrons. The fraction of sp³-hybridized carbons (Fsp3) is 0.822. The zero-order valence-corrected chi connectivity index (χ0v) is 41.5. The highest BCUT2D eigenvalue weighted by atomic mass is 32.2. The van der Waals surface area contributed by atoms with Gasteiger partial charge in [0.15, 0.2) is 23.5 Å². The van der Waals surface area contributed by atoms with Gasteiger partial charge in [-0.2, -0.15) is 11.8 Å². The van der Waals surface area contributed by atoms with Gasteiger partial charge in [-0.05, 0) is 19.3 Å².